The van der Waals surface area contributed by atoms with Crippen LogP contribution >= 0.6 is 0 Å². The molecule has 0 nitrogen and oxygen atoms in total. The molecule has 0 N–H and O–H groups in total. The van der Waals surface area contributed by atoms with Gasteiger partial charge in [0, 0.05) is 16.1 Å². The topological polar surface area (TPSA) is 0 Å². The zero-order valence-electron chi connectivity index (χ0n) is 18.1. The summed E-state index contributed by atoms with van der Waals surface area (Å²) in [4.78, 5) is 0. The second-order valence-electron chi connectivity index (χ2n) is 9.17. The van der Waals surface area contributed by atoms with E-state index in [1.165, 1.54) is 21.5 Å². The molecule has 0 radical (unpaired) electrons. The molecule has 154 valence electrons. The maximum Gasteiger partial charge on any atom is 4.00 e. The summed E-state index contributed by atoms with van der Waals surface area (Å²) in [5, 5.41) is 8.87. The van der Waals surface area contributed by atoms with Crippen LogP contribution < -0.4 is 35.2 Å². The molecule has 0 aliphatic rings. The van der Waals surface area contributed by atoms with E-state index >= 15 is 0 Å². The zero-order chi connectivity index (χ0) is 18.9. The molecule has 0 saturated carbocycles. The first-order valence-electron chi connectivity index (χ1n) is 9.48. The Kier molecular flexibility index (Phi) is 10.7. The number of benzene rings is 2. The van der Waals surface area contributed by atoms with Gasteiger partial charge >= 0.3 is 17.4 Å². The van der Waals surface area contributed by atoms with Crippen molar-refractivity contribution in [2.24, 2.45) is 0 Å². The number of hydrogen-bond acceptors (Lipinski definition) is 0. The molecule has 29 heavy (non-hydrogen) atoms. The van der Waals surface area contributed by atoms with E-state index < -0.39 is 16.1 Å². The Morgan fingerprint density at radius 1 is 0.552 bits per heavy atom. The minimum Gasteiger partial charge on any atom is -1.00 e. The summed E-state index contributed by atoms with van der Waals surface area (Å²) in [5.41, 5.74) is 0. The van der Waals surface area contributed by atoms with E-state index in [9.17, 15) is 0 Å². The van der Waals surface area contributed by atoms with E-state index in [2.05, 4.69) is 112 Å². The van der Waals surface area contributed by atoms with Crippen LogP contribution in [0.4, 0.5) is 0 Å². The van der Waals surface area contributed by atoms with E-state index in [1.54, 1.807) is 10.4 Å². The molecule has 0 unspecified atom stereocenters. The minimum atomic E-state index is -1.15. The Morgan fingerprint density at radius 3 is 1.17 bits per heavy atom. The van der Waals surface area contributed by atoms with Crippen LogP contribution in [-0.2, 0) is 17.4 Å². The molecule has 0 spiro atoms. The van der Waals surface area contributed by atoms with Crippen molar-refractivity contribution in [3.8, 4) is 0 Å². The predicted molar refractivity (Wildman–Crippen MR) is 125 cm³/mol. The van der Waals surface area contributed by atoms with Crippen LogP contribution in [0.25, 0.3) is 21.5 Å². The molecule has 0 bridgehead atoms. The molecule has 4 aromatic rings. The number of rotatable bonds is 2. The fourth-order valence-electron chi connectivity index (χ4n) is 3.61. The van der Waals surface area contributed by atoms with Crippen LogP contribution in [0.2, 0.25) is 39.3 Å². The van der Waals surface area contributed by atoms with Gasteiger partial charge in [-0.15, -0.1) is 59.3 Å². The van der Waals surface area contributed by atoms with Crippen LogP contribution in [0.1, 0.15) is 0 Å². The molecule has 0 atom stereocenters. The van der Waals surface area contributed by atoms with Gasteiger partial charge in [-0.1, -0.05) is 51.4 Å². The van der Waals surface area contributed by atoms with E-state index in [4.69, 9.17) is 0 Å². The molecule has 0 aromatic heterocycles. The Balaban J connectivity index is 0.000000490. The SMILES string of the molecule is C[Si](C)(C)c1c[cH-]c2ccccc12.C[Si](C)(C)c1c[cH-]c2ccccc12.[Cl-].[Cl-].[Cr+4]. The third-order valence-corrected chi connectivity index (χ3v) is 9.08. The molecule has 4 aromatic carbocycles. The van der Waals surface area contributed by atoms with Gasteiger partial charge < -0.3 is 24.8 Å². The van der Waals surface area contributed by atoms with Gasteiger partial charge in [-0.2, -0.15) is 33.3 Å². The van der Waals surface area contributed by atoms with Crippen LogP contribution in [0.3, 0.4) is 0 Å². The van der Waals surface area contributed by atoms with Crippen molar-refractivity contribution in [1.82, 2.24) is 0 Å². The molecule has 0 amide bonds. The summed E-state index contributed by atoms with van der Waals surface area (Å²) in [6.45, 7) is 14.4. The van der Waals surface area contributed by atoms with Gasteiger partial charge in [-0.05, 0) is 0 Å². The summed E-state index contributed by atoms with van der Waals surface area (Å²) in [6.07, 6.45) is 0. The second kappa shape index (κ2) is 11.0. The molecule has 0 aliphatic heterocycles. The molecule has 4 rings (SSSR count). The Bertz CT molecular complexity index is 936. The van der Waals surface area contributed by atoms with Gasteiger partial charge in [-0.3, -0.25) is 0 Å². The van der Waals surface area contributed by atoms with Crippen molar-refractivity contribution < 1.29 is 42.2 Å². The number of fused-ring (bicyclic) bond motifs is 2. The van der Waals surface area contributed by atoms with Crippen LogP contribution in [0.15, 0.2) is 72.8 Å². The monoisotopic (exact) mass is 496 g/mol. The molecular formula is C24H30Cl2CrSi2. The quantitative estimate of drug-likeness (QED) is 0.275. The first-order chi connectivity index (χ1) is 12.2. The van der Waals surface area contributed by atoms with Gasteiger partial charge in [0.2, 0.25) is 0 Å². The summed E-state index contributed by atoms with van der Waals surface area (Å²) in [5.74, 6) is 0. The molecule has 0 fully saturated rings. The van der Waals surface area contributed by atoms with Gasteiger partial charge in [-0.25, -0.2) is 0 Å². The number of halogens is 2. The minimum absolute atomic E-state index is 0. The van der Waals surface area contributed by atoms with Crippen molar-refractivity contribution in [1.29, 1.82) is 0 Å². The average Bonchev–Trinajstić information content (AvgIpc) is 3.19. The summed E-state index contributed by atoms with van der Waals surface area (Å²) >= 11 is 0. The Morgan fingerprint density at radius 2 is 0.862 bits per heavy atom. The van der Waals surface area contributed by atoms with Crippen molar-refractivity contribution in [2.75, 3.05) is 0 Å². The maximum atomic E-state index is 2.40. The normalized spacial score (nSPS) is 11.0. The maximum absolute atomic E-state index is 2.40. The van der Waals surface area contributed by atoms with Crippen LogP contribution in [-0.4, -0.2) is 16.1 Å². The molecule has 0 heterocycles. The summed E-state index contributed by atoms with van der Waals surface area (Å²) in [6, 6.07) is 26.4. The first-order valence-corrected chi connectivity index (χ1v) is 16.5. The van der Waals surface area contributed by atoms with E-state index in [-0.39, 0.29) is 42.2 Å². The van der Waals surface area contributed by atoms with Crippen molar-refractivity contribution in [2.45, 2.75) is 39.3 Å². The fraction of sp³-hybridized carbons (Fsp3) is 0.250. The molecular weight excluding hydrogens is 467 g/mol. The van der Waals surface area contributed by atoms with Gasteiger partial charge in [0.25, 0.3) is 0 Å². The second-order valence-corrected chi connectivity index (χ2v) is 19.2. The van der Waals surface area contributed by atoms with Crippen molar-refractivity contribution in [3.63, 3.8) is 0 Å². The van der Waals surface area contributed by atoms with E-state index in [0.29, 0.717) is 0 Å². The third kappa shape index (κ3) is 6.59. The standard InChI is InChI=1S/2C12H15Si.2ClH.Cr/c2*1-13(2,3)12-9-8-10-6-4-5-7-11(10)12;;;/h2*4-9H,1-3H3;2*1H;/q2*-1;;;+4/p-2. The average molecular weight is 498 g/mol. The van der Waals surface area contributed by atoms with Crippen LogP contribution in [0.5, 0.6) is 0 Å². The smallest absolute Gasteiger partial charge is 1.00 e. The molecule has 0 saturated heterocycles. The Hall–Kier alpha value is -0.794. The zero-order valence-corrected chi connectivity index (χ0v) is 22.9. The van der Waals surface area contributed by atoms with Crippen LogP contribution in [0, 0.1) is 0 Å². The van der Waals surface area contributed by atoms with E-state index in [0.717, 1.165) is 0 Å². The predicted octanol–water partition coefficient (Wildman–Crippen LogP) is 0.213. The van der Waals surface area contributed by atoms with Crippen molar-refractivity contribution >= 4 is 48.1 Å². The van der Waals surface area contributed by atoms with Gasteiger partial charge in [0.05, 0.1) is 0 Å². The van der Waals surface area contributed by atoms with Gasteiger partial charge in [0.1, 0.15) is 0 Å². The molecule has 0 aliphatic carbocycles. The first kappa shape index (κ1) is 28.2. The van der Waals surface area contributed by atoms with Crippen molar-refractivity contribution in [3.05, 3.63) is 72.8 Å². The van der Waals surface area contributed by atoms with Gasteiger partial charge in [0.15, 0.2) is 0 Å². The third-order valence-electron chi connectivity index (χ3n) is 4.98. The summed E-state index contributed by atoms with van der Waals surface area (Å²) in [7, 11) is -2.29. The molecule has 5 heteroatoms. The summed E-state index contributed by atoms with van der Waals surface area (Å²) < 4.78 is 0. The fourth-order valence-corrected chi connectivity index (χ4v) is 6.85. The number of hydrogen-bond donors (Lipinski definition) is 0. The largest absolute Gasteiger partial charge is 4.00 e. The Labute approximate surface area is 201 Å². The van der Waals surface area contributed by atoms with E-state index in [1.807, 2.05) is 0 Å².